The second kappa shape index (κ2) is 6.31. The summed E-state index contributed by atoms with van der Waals surface area (Å²) in [7, 11) is 0. The molecule has 0 saturated carbocycles. The third kappa shape index (κ3) is 4.08. The minimum absolute atomic E-state index is 0.366. The van der Waals surface area contributed by atoms with E-state index in [0.29, 0.717) is 5.02 Å². The number of carboxylic acids is 1. The van der Waals surface area contributed by atoms with E-state index >= 15 is 0 Å². The van der Waals surface area contributed by atoms with Crippen molar-refractivity contribution < 1.29 is 14.7 Å². The molecule has 0 saturated heterocycles. The predicted octanol–water partition coefficient (Wildman–Crippen LogP) is 3.36. The molecule has 1 amide bonds. The van der Waals surface area contributed by atoms with Gasteiger partial charge >= 0.3 is 5.97 Å². The number of nitrogens with one attached hydrogen (secondary N) is 1. The number of rotatable bonds is 5. The molecule has 0 bridgehead atoms. The van der Waals surface area contributed by atoms with Crippen molar-refractivity contribution in [3.05, 3.63) is 40.9 Å². The highest BCUT2D eigenvalue weighted by atomic mass is 35.5. The lowest BCUT2D eigenvalue weighted by atomic mass is 9.74. The van der Waals surface area contributed by atoms with Gasteiger partial charge in [0.15, 0.2) is 0 Å². The number of carboxylic acid groups (broad SMARTS) is 1. The average molecular weight is 310 g/mol. The smallest absolute Gasteiger partial charge is 0.311 e. The lowest BCUT2D eigenvalue weighted by Gasteiger charge is -2.38. The van der Waals surface area contributed by atoms with Crippen LogP contribution in [0.15, 0.2) is 30.3 Å². The standard InChI is InChI=1S/C16H20ClNO3/c1-15(2,14(20)21)16(3,4)18-13(19)10-9-11-7-5-6-8-12(11)17/h5-10H,1-4H3,(H,18,19)(H,20,21). The first kappa shape index (κ1) is 17.2. The SMILES string of the molecule is CC(C)(NC(=O)C=Cc1ccccc1Cl)C(C)(C)C(=O)O. The average Bonchev–Trinajstić information content (AvgIpc) is 2.36. The number of carbonyl (C=O) groups excluding carboxylic acids is 1. The first-order valence-corrected chi connectivity index (χ1v) is 6.94. The van der Waals surface area contributed by atoms with Crippen molar-refractivity contribution in [2.45, 2.75) is 33.2 Å². The lowest BCUT2D eigenvalue weighted by molar-refractivity contribution is -0.151. The van der Waals surface area contributed by atoms with Gasteiger partial charge in [0.25, 0.3) is 0 Å². The van der Waals surface area contributed by atoms with E-state index in [1.54, 1.807) is 52.0 Å². The molecule has 0 spiro atoms. The Balaban J connectivity index is 2.83. The van der Waals surface area contributed by atoms with Crippen molar-refractivity contribution in [1.29, 1.82) is 0 Å². The minimum Gasteiger partial charge on any atom is -0.481 e. The number of aliphatic carboxylic acids is 1. The highest BCUT2D eigenvalue weighted by Gasteiger charge is 2.44. The van der Waals surface area contributed by atoms with Gasteiger partial charge < -0.3 is 10.4 Å². The van der Waals surface area contributed by atoms with Crippen molar-refractivity contribution in [2.24, 2.45) is 5.41 Å². The normalized spacial score (nSPS) is 12.4. The Hall–Kier alpha value is -1.81. The molecule has 0 aliphatic rings. The third-order valence-electron chi connectivity index (χ3n) is 3.85. The molecule has 0 fully saturated rings. The molecule has 114 valence electrons. The summed E-state index contributed by atoms with van der Waals surface area (Å²) in [5, 5.41) is 12.5. The monoisotopic (exact) mass is 309 g/mol. The summed E-state index contributed by atoms with van der Waals surface area (Å²) in [6.45, 7) is 6.52. The molecule has 1 rings (SSSR count). The van der Waals surface area contributed by atoms with E-state index in [1.807, 2.05) is 6.07 Å². The number of benzene rings is 1. The molecule has 2 N–H and O–H groups in total. The van der Waals surface area contributed by atoms with Crippen LogP contribution in [-0.4, -0.2) is 22.5 Å². The fourth-order valence-corrected chi connectivity index (χ4v) is 1.75. The summed E-state index contributed by atoms with van der Waals surface area (Å²) in [6.07, 6.45) is 2.95. The van der Waals surface area contributed by atoms with Crippen LogP contribution in [0.5, 0.6) is 0 Å². The fourth-order valence-electron chi connectivity index (χ4n) is 1.55. The van der Waals surface area contributed by atoms with E-state index in [9.17, 15) is 14.7 Å². The van der Waals surface area contributed by atoms with Crippen molar-refractivity contribution in [3.63, 3.8) is 0 Å². The van der Waals surface area contributed by atoms with Crippen molar-refractivity contribution in [3.8, 4) is 0 Å². The Labute approximate surface area is 129 Å². The van der Waals surface area contributed by atoms with E-state index in [0.717, 1.165) is 5.56 Å². The van der Waals surface area contributed by atoms with Crippen LogP contribution in [0.25, 0.3) is 6.08 Å². The van der Waals surface area contributed by atoms with E-state index in [-0.39, 0.29) is 5.91 Å². The maximum Gasteiger partial charge on any atom is 0.311 e. The second-order valence-electron chi connectivity index (χ2n) is 5.90. The number of carbonyl (C=O) groups is 2. The van der Waals surface area contributed by atoms with Gasteiger partial charge in [0.2, 0.25) is 5.91 Å². The first-order valence-electron chi connectivity index (χ1n) is 6.56. The molecule has 0 unspecified atom stereocenters. The van der Waals surface area contributed by atoms with Gasteiger partial charge in [-0.15, -0.1) is 0 Å². The van der Waals surface area contributed by atoms with E-state index in [4.69, 9.17) is 11.6 Å². The zero-order valence-corrected chi connectivity index (χ0v) is 13.4. The Morgan fingerprint density at radius 1 is 1.19 bits per heavy atom. The third-order valence-corrected chi connectivity index (χ3v) is 4.20. The van der Waals surface area contributed by atoms with E-state index in [2.05, 4.69) is 5.32 Å². The van der Waals surface area contributed by atoms with Gasteiger partial charge in [0.05, 0.1) is 11.0 Å². The minimum atomic E-state index is -1.10. The topological polar surface area (TPSA) is 66.4 Å². The molecular weight excluding hydrogens is 290 g/mol. The first-order chi connectivity index (χ1) is 9.58. The summed E-state index contributed by atoms with van der Waals surface area (Å²) in [5.41, 5.74) is -1.27. The molecule has 1 aromatic rings. The van der Waals surface area contributed by atoms with Gasteiger partial charge in [-0.3, -0.25) is 9.59 Å². The van der Waals surface area contributed by atoms with E-state index < -0.39 is 16.9 Å². The molecular formula is C16H20ClNO3. The maximum absolute atomic E-state index is 12.0. The molecule has 5 heteroatoms. The zero-order chi connectivity index (χ0) is 16.3. The Bertz CT molecular complexity index is 577. The highest BCUT2D eigenvalue weighted by molar-refractivity contribution is 6.32. The number of halogens is 1. The summed E-state index contributed by atoms with van der Waals surface area (Å²) < 4.78 is 0. The lowest BCUT2D eigenvalue weighted by Crippen LogP contribution is -2.56. The Morgan fingerprint density at radius 2 is 1.76 bits per heavy atom. The summed E-state index contributed by atoms with van der Waals surface area (Å²) >= 11 is 5.99. The van der Waals surface area contributed by atoms with Crippen LogP contribution >= 0.6 is 11.6 Å². The molecule has 0 atom stereocenters. The van der Waals surface area contributed by atoms with Crippen molar-refractivity contribution in [1.82, 2.24) is 5.32 Å². The second-order valence-corrected chi connectivity index (χ2v) is 6.31. The van der Waals surface area contributed by atoms with Crippen LogP contribution < -0.4 is 5.32 Å². The van der Waals surface area contributed by atoms with Gasteiger partial charge in [-0.2, -0.15) is 0 Å². The van der Waals surface area contributed by atoms with Crippen LogP contribution in [-0.2, 0) is 9.59 Å². The van der Waals surface area contributed by atoms with Gasteiger partial charge in [0, 0.05) is 11.1 Å². The molecule has 0 aliphatic heterocycles. The van der Waals surface area contributed by atoms with E-state index in [1.165, 1.54) is 6.08 Å². The van der Waals surface area contributed by atoms with Crippen LogP contribution in [0.2, 0.25) is 5.02 Å². The Kier molecular flexibility index (Phi) is 5.18. The molecule has 1 aromatic carbocycles. The summed E-state index contributed by atoms with van der Waals surface area (Å²) in [6, 6.07) is 7.15. The summed E-state index contributed by atoms with van der Waals surface area (Å²) in [4.78, 5) is 23.3. The number of hydrogen-bond acceptors (Lipinski definition) is 2. The highest BCUT2D eigenvalue weighted by Crippen LogP contribution is 2.30. The number of amides is 1. The van der Waals surface area contributed by atoms with Gasteiger partial charge in [-0.1, -0.05) is 29.8 Å². The molecule has 0 aromatic heterocycles. The van der Waals surface area contributed by atoms with Gasteiger partial charge in [-0.25, -0.2) is 0 Å². The fraction of sp³-hybridized carbons (Fsp3) is 0.375. The molecule has 21 heavy (non-hydrogen) atoms. The van der Waals surface area contributed by atoms with Crippen molar-refractivity contribution in [2.75, 3.05) is 0 Å². The molecule has 0 aliphatic carbocycles. The van der Waals surface area contributed by atoms with Gasteiger partial charge in [0.1, 0.15) is 0 Å². The zero-order valence-electron chi connectivity index (χ0n) is 12.6. The largest absolute Gasteiger partial charge is 0.481 e. The predicted molar refractivity (Wildman–Crippen MR) is 84.1 cm³/mol. The molecule has 4 nitrogen and oxygen atoms in total. The quantitative estimate of drug-likeness (QED) is 0.820. The molecule has 0 heterocycles. The van der Waals surface area contributed by atoms with Crippen LogP contribution in [0.1, 0.15) is 33.3 Å². The van der Waals surface area contributed by atoms with Crippen LogP contribution in [0.3, 0.4) is 0 Å². The van der Waals surface area contributed by atoms with Crippen molar-refractivity contribution >= 4 is 29.6 Å². The number of hydrogen-bond donors (Lipinski definition) is 2. The van der Waals surface area contributed by atoms with Crippen LogP contribution in [0.4, 0.5) is 0 Å². The molecule has 0 radical (unpaired) electrons. The Morgan fingerprint density at radius 3 is 2.29 bits per heavy atom. The van der Waals surface area contributed by atoms with Crippen LogP contribution in [0, 0.1) is 5.41 Å². The van der Waals surface area contributed by atoms with Gasteiger partial charge in [-0.05, 0) is 45.4 Å². The summed E-state index contributed by atoms with van der Waals surface area (Å²) in [5.74, 6) is -1.34. The maximum atomic E-state index is 12.0.